The number of hydrogen-bond donors (Lipinski definition) is 2. The van der Waals surface area contributed by atoms with Gasteiger partial charge in [0.15, 0.2) is 0 Å². The topological polar surface area (TPSA) is 91.8 Å². The van der Waals surface area contributed by atoms with Gasteiger partial charge in [0.1, 0.15) is 11.6 Å². The Bertz CT molecular complexity index is 1090. The largest absolute Gasteiger partial charge is 0.493 e. The first-order chi connectivity index (χ1) is 16.6. The van der Waals surface area contributed by atoms with Gasteiger partial charge >= 0.3 is 5.97 Å². The number of ether oxygens (including phenoxy) is 1. The monoisotopic (exact) mass is 459 g/mol. The van der Waals surface area contributed by atoms with Crippen LogP contribution in [0.15, 0.2) is 72.9 Å². The van der Waals surface area contributed by atoms with E-state index in [1.165, 1.54) is 0 Å². The minimum atomic E-state index is -0.955. The van der Waals surface area contributed by atoms with Crippen LogP contribution in [-0.4, -0.2) is 41.7 Å². The number of carbonyl (C=O) groups excluding carboxylic acids is 1. The molecule has 1 aliphatic rings. The smallest absolute Gasteiger partial charge is 0.335 e. The minimum Gasteiger partial charge on any atom is -0.493 e. The molecule has 1 aromatic heterocycles. The molecule has 1 aliphatic heterocycles. The van der Waals surface area contributed by atoms with Crippen molar-refractivity contribution in [1.29, 1.82) is 0 Å². The van der Waals surface area contributed by atoms with Gasteiger partial charge in [-0.1, -0.05) is 36.4 Å². The molecule has 0 radical (unpaired) electrons. The molecule has 0 bridgehead atoms. The van der Waals surface area contributed by atoms with E-state index in [1.807, 2.05) is 42.5 Å². The van der Waals surface area contributed by atoms with Gasteiger partial charge < -0.3 is 20.1 Å². The summed E-state index contributed by atoms with van der Waals surface area (Å²) in [5.74, 6) is 0.922. The number of rotatable bonds is 9. The lowest BCUT2D eigenvalue weighted by molar-refractivity contribution is -0.116. The third-order valence-electron chi connectivity index (χ3n) is 6.02. The highest BCUT2D eigenvalue weighted by Gasteiger charge is 2.21. The van der Waals surface area contributed by atoms with Crippen molar-refractivity contribution in [2.75, 3.05) is 29.9 Å². The Hall–Kier alpha value is -3.87. The fraction of sp³-hybridized carbons (Fsp3) is 0.296. The third kappa shape index (κ3) is 6.57. The van der Waals surface area contributed by atoms with Crippen molar-refractivity contribution in [2.24, 2.45) is 5.92 Å². The van der Waals surface area contributed by atoms with Crippen LogP contribution in [0.5, 0.6) is 5.75 Å². The lowest BCUT2D eigenvalue weighted by Gasteiger charge is -2.32. The molecule has 0 spiro atoms. The minimum absolute atomic E-state index is 0.0203. The number of aryl methyl sites for hydroxylation is 1. The van der Waals surface area contributed by atoms with Gasteiger partial charge in [-0.05, 0) is 61.1 Å². The SMILES string of the molecule is O=C(CCc1ccccc1)Nc1ccc(N2CCC(COc3cccc(C(=O)O)c3)CC2)nc1. The normalized spacial score (nSPS) is 13.9. The number of aromatic carboxylic acids is 1. The fourth-order valence-corrected chi connectivity index (χ4v) is 4.03. The second kappa shape index (κ2) is 11.3. The van der Waals surface area contributed by atoms with Gasteiger partial charge in [-0.3, -0.25) is 4.79 Å². The highest BCUT2D eigenvalue weighted by atomic mass is 16.5. The molecule has 0 aliphatic carbocycles. The Labute approximate surface area is 199 Å². The second-order valence-electron chi connectivity index (χ2n) is 8.51. The van der Waals surface area contributed by atoms with Gasteiger partial charge in [0.2, 0.25) is 5.91 Å². The molecule has 176 valence electrons. The number of carboxylic acid groups (broad SMARTS) is 1. The number of carbonyl (C=O) groups is 2. The molecule has 2 heterocycles. The zero-order valence-corrected chi connectivity index (χ0v) is 19.0. The molecule has 1 amide bonds. The number of hydrogen-bond acceptors (Lipinski definition) is 5. The first-order valence-corrected chi connectivity index (χ1v) is 11.6. The Morgan fingerprint density at radius 2 is 1.82 bits per heavy atom. The highest BCUT2D eigenvalue weighted by molar-refractivity contribution is 5.90. The van der Waals surface area contributed by atoms with E-state index >= 15 is 0 Å². The van der Waals surface area contributed by atoms with Crippen molar-refractivity contribution >= 4 is 23.4 Å². The summed E-state index contributed by atoms with van der Waals surface area (Å²) in [4.78, 5) is 30.1. The summed E-state index contributed by atoms with van der Waals surface area (Å²) in [5, 5.41) is 12.0. The molecule has 2 N–H and O–H groups in total. The van der Waals surface area contributed by atoms with Crippen LogP contribution in [0, 0.1) is 5.92 Å². The summed E-state index contributed by atoms with van der Waals surface area (Å²) < 4.78 is 5.84. The number of benzene rings is 2. The molecule has 0 atom stereocenters. The predicted octanol–water partition coefficient (Wildman–Crippen LogP) is 4.65. The molecule has 0 unspecified atom stereocenters. The number of pyridine rings is 1. The van der Waals surface area contributed by atoms with Gasteiger partial charge in [0, 0.05) is 19.5 Å². The van der Waals surface area contributed by atoms with Gasteiger partial charge in [-0.25, -0.2) is 9.78 Å². The van der Waals surface area contributed by atoms with E-state index in [-0.39, 0.29) is 11.5 Å². The summed E-state index contributed by atoms with van der Waals surface area (Å²) >= 11 is 0. The Balaban J connectivity index is 1.20. The second-order valence-corrected chi connectivity index (χ2v) is 8.51. The van der Waals surface area contributed by atoms with Crippen LogP contribution < -0.4 is 15.0 Å². The number of anilines is 2. The van der Waals surface area contributed by atoms with E-state index < -0.39 is 5.97 Å². The molecule has 7 nitrogen and oxygen atoms in total. The number of amides is 1. The first kappa shape index (κ1) is 23.3. The van der Waals surface area contributed by atoms with Crippen LogP contribution in [0.1, 0.15) is 35.2 Å². The van der Waals surface area contributed by atoms with Crippen molar-refractivity contribution in [1.82, 2.24) is 4.98 Å². The molecule has 1 fully saturated rings. The molecule has 2 aromatic carbocycles. The van der Waals surface area contributed by atoms with Crippen molar-refractivity contribution in [2.45, 2.75) is 25.7 Å². The van der Waals surface area contributed by atoms with Crippen LogP contribution in [0.4, 0.5) is 11.5 Å². The Kier molecular flexibility index (Phi) is 7.75. The zero-order valence-electron chi connectivity index (χ0n) is 19.0. The van der Waals surface area contributed by atoms with Crippen LogP contribution in [0.3, 0.4) is 0 Å². The highest BCUT2D eigenvalue weighted by Crippen LogP contribution is 2.24. The Morgan fingerprint density at radius 3 is 2.53 bits per heavy atom. The van der Waals surface area contributed by atoms with E-state index in [0.717, 1.165) is 37.3 Å². The summed E-state index contributed by atoms with van der Waals surface area (Å²) in [6.45, 7) is 2.32. The molecule has 4 rings (SSSR count). The molecule has 1 saturated heterocycles. The average Bonchev–Trinajstić information content (AvgIpc) is 2.88. The van der Waals surface area contributed by atoms with Crippen LogP contribution in [0.25, 0.3) is 0 Å². The van der Waals surface area contributed by atoms with Crippen LogP contribution in [-0.2, 0) is 11.2 Å². The predicted molar refractivity (Wildman–Crippen MR) is 131 cm³/mol. The quantitative estimate of drug-likeness (QED) is 0.484. The third-order valence-corrected chi connectivity index (χ3v) is 6.02. The number of nitrogens with one attached hydrogen (secondary N) is 1. The lowest BCUT2D eigenvalue weighted by atomic mass is 9.98. The molecule has 0 saturated carbocycles. The van der Waals surface area contributed by atoms with E-state index in [9.17, 15) is 9.59 Å². The fourth-order valence-electron chi connectivity index (χ4n) is 4.03. The number of nitrogens with zero attached hydrogens (tertiary/aromatic N) is 2. The van der Waals surface area contributed by atoms with E-state index in [0.29, 0.717) is 36.8 Å². The van der Waals surface area contributed by atoms with Gasteiger partial charge in [0.25, 0.3) is 0 Å². The average molecular weight is 460 g/mol. The van der Waals surface area contributed by atoms with Gasteiger partial charge in [0.05, 0.1) is 24.1 Å². The number of aromatic nitrogens is 1. The van der Waals surface area contributed by atoms with E-state index in [1.54, 1.807) is 30.5 Å². The zero-order chi connectivity index (χ0) is 23.8. The molecular formula is C27H29N3O4. The molecular weight excluding hydrogens is 430 g/mol. The number of carboxylic acids is 1. The van der Waals surface area contributed by atoms with E-state index in [2.05, 4.69) is 15.2 Å². The number of piperidine rings is 1. The standard InChI is InChI=1S/C27H29N3O4/c31-26(12-9-20-5-2-1-3-6-20)29-23-10-11-25(28-18-23)30-15-13-21(14-16-30)19-34-24-8-4-7-22(17-24)27(32)33/h1-8,10-11,17-18,21H,9,12-16,19H2,(H,29,31)(H,32,33). The van der Waals surface area contributed by atoms with Gasteiger partial charge in [-0.15, -0.1) is 0 Å². The summed E-state index contributed by atoms with van der Waals surface area (Å²) in [7, 11) is 0. The summed E-state index contributed by atoms with van der Waals surface area (Å²) in [6.07, 6.45) is 4.79. The maximum atomic E-state index is 12.2. The Morgan fingerprint density at radius 1 is 1.03 bits per heavy atom. The van der Waals surface area contributed by atoms with Crippen molar-refractivity contribution in [3.63, 3.8) is 0 Å². The molecule has 7 heteroatoms. The summed E-state index contributed by atoms with van der Waals surface area (Å²) in [5.41, 5.74) is 2.08. The maximum absolute atomic E-state index is 12.2. The van der Waals surface area contributed by atoms with Crippen LogP contribution >= 0.6 is 0 Å². The first-order valence-electron chi connectivity index (χ1n) is 11.6. The maximum Gasteiger partial charge on any atom is 0.335 e. The molecule has 3 aromatic rings. The van der Waals surface area contributed by atoms with Crippen molar-refractivity contribution in [3.8, 4) is 5.75 Å². The van der Waals surface area contributed by atoms with Crippen molar-refractivity contribution < 1.29 is 19.4 Å². The molecule has 34 heavy (non-hydrogen) atoms. The van der Waals surface area contributed by atoms with Gasteiger partial charge in [-0.2, -0.15) is 0 Å². The van der Waals surface area contributed by atoms with Crippen molar-refractivity contribution in [3.05, 3.63) is 84.1 Å². The lowest BCUT2D eigenvalue weighted by Crippen LogP contribution is -2.36. The van der Waals surface area contributed by atoms with Crippen LogP contribution in [0.2, 0.25) is 0 Å². The summed E-state index contributed by atoms with van der Waals surface area (Å²) in [6, 6.07) is 20.4. The van der Waals surface area contributed by atoms with E-state index in [4.69, 9.17) is 9.84 Å².